The van der Waals surface area contributed by atoms with Gasteiger partial charge in [-0.1, -0.05) is 116 Å². The molecule has 716 valence electrons. The van der Waals surface area contributed by atoms with E-state index in [0.717, 1.165) is 89.3 Å². The molecule has 0 bridgehead atoms. The first-order chi connectivity index (χ1) is 60.0. The van der Waals surface area contributed by atoms with Crippen molar-refractivity contribution in [2.45, 2.75) is 264 Å². The first-order valence-corrected chi connectivity index (χ1v) is 46.8. The summed E-state index contributed by atoms with van der Waals surface area (Å²) in [4.78, 5) is 158. The van der Waals surface area contributed by atoms with Crippen LogP contribution in [0, 0.1) is 0 Å². The number of nitrogens with one attached hydrogen (secondary N) is 9. The van der Waals surface area contributed by atoms with Gasteiger partial charge in [-0.25, -0.2) is 18.7 Å². The van der Waals surface area contributed by atoms with Crippen LogP contribution in [0.2, 0.25) is 0 Å². The molecule has 38 nitrogen and oxygen atoms in total. The van der Waals surface area contributed by atoms with Gasteiger partial charge >= 0.3 is 5.97 Å². The van der Waals surface area contributed by atoms with E-state index in [0.29, 0.717) is 84.5 Å². The van der Waals surface area contributed by atoms with E-state index in [-0.39, 0.29) is 273 Å². The third-order valence-corrected chi connectivity index (χ3v) is 20.7. The zero-order chi connectivity index (χ0) is 90.7. The van der Waals surface area contributed by atoms with Gasteiger partial charge in [0.05, 0.1) is 111 Å². The average Bonchev–Trinajstić information content (AvgIpc) is 1.38. The highest BCUT2D eigenvalue weighted by Gasteiger charge is 2.24. The number of ketones is 6. The number of hydrogen-bond donors (Lipinski definition) is 10. The zero-order valence-corrected chi connectivity index (χ0v) is 75.2. The molecule has 0 aromatic rings. The first-order valence-electron chi connectivity index (χ1n) is 45.0. The Balaban J connectivity index is 1.92. The Labute approximate surface area is 734 Å². The molecule has 0 saturated heterocycles. The number of carboxylic acid groups (broad SMARTS) is 1. The number of carbonyl (C=O) groups excluding carboxylic acids is 12. The minimum Gasteiger partial charge on any atom is -0.480 e. The molecule has 0 saturated carbocycles. The summed E-state index contributed by atoms with van der Waals surface area (Å²) in [7, 11) is -3.56. The van der Waals surface area contributed by atoms with Crippen LogP contribution in [0.4, 0.5) is 0 Å². The van der Waals surface area contributed by atoms with E-state index in [9.17, 15) is 75.9 Å². The van der Waals surface area contributed by atoms with Gasteiger partial charge in [-0.2, -0.15) is 0 Å². The Morgan fingerprint density at radius 1 is 0.323 bits per heavy atom. The SMILES string of the molecule is CC(=O)COCCOCCCC(=O)COCCOCCCC(=O)COCCOCCNC(=O)COCCOCCNC(=O)COCCOCCNC(=O)COCCOCCCC(=O)CC[C@H](NC(=O)CC[C@H](NC(=O)CCCCCCCCCCCNC(=O)CCCS(=O)(=O)CC(=O)CCCCCCCCCCCCCCCC1=NNNN1)C(C)=O)C(=O)O. The van der Waals surface area contributed by atoms with E-state index in [4.69, 9.17) is 56.8 Å². The van der Waals surface area contributed by atoms with Crippen molar-refractivity contribution >= 4 is 91.8 Å². The fraction of sp³-hybridized carbons (Fsp3) is 0.835. The predicted molar refractivity (Wildman–Crippen MR) is 461 cm³/mol. The van der Waals surface area contributed by atoms with E-state index in [1.54, 1.807) is 0 Å². The number of carbonyl (C=O) groups is 13. The number of hydrogen-bond acceptors (Lipinski definition) is 31. The number of hydrazine groups is 2. The standard InChI is InChI=1S/C85H152N10O28S/c1-70(96)63-118-56-50-113-45-26-31-73(99)64-119-57-51-114-46-27-32-74(100)65-120-58-53-115-47-41-87-83(106)67-122-60-55-117-49-43-89-84(107)68-123-61-54-116-48-42-88-82(105)66-121-59-52-112-44-25-30-72(98)36-37-77(85(108)109)91-81(104)39-38-76(71(2)97)90-80(103)34-23-19-15-11-8-12-16-20-24-40-86-79(102)35-28-62-124(110,111)69-75(101)29-21-17-13-9-6-4-3-5-7-10-14-18-22-33-78-92-94-95-93-78/h76-77,94-95H,3-69H2,1-2H3,(H,86,102)(H,87,106)(H,88,105)(H,89,107)(H,90,103)(H,91,104)(H,92,93)(H,108,109)/t76-,77-/m0/s1. The third-order valence-electron chi connectivity index (χ3n) is 19.0. The molecule has 0 unspecified atom stereocenters. The molecule has 39 heteroatoms. The molecule has 124 heavy (non-hydrogen) atoms. The quantitative estimate of drug-likeness (QED) is 0.0361. The molecule has 6 amide bonds. The molecule has 0 aromatic carbocycles. The maximum absolute atomic E-state index is 12.8. The number of amides is 6. The monoisotopic (exact) mass is 1790 g/mol. The van der Waals surface area contributed by atoms with Crippen LogP contribution in [0.5, 0.6) is 0 Å². The molecule has 2 atom stereocenters. The summed E-state index contributed by atoms with van der Waals surface area (Å²) < 4.78 is 89.4. The van der Waals surface area contributed by atoms with Crippen molar-refractivity contribution in [3.05, 3.63) is 0 Å². The molecule has 1 rings (SSSR count). The van der Waals surface area contributed by atoms with Crippen molar-refractivity contribution in [1.82, 2.24) is 48.4 Å². The van der Waals surface area contributed by atoms with Crippen LogP contribution in [0.25, 0.3) is 0 Å². The number of hydrazone groups is 1. The molecule has 1 aliphatic heterocycles. The van der Waals surface area contributed by atoms with Crippen molar-refractivity contribution in [2.75, 3.05) is 196 Å². The summed E-state index contributed by atoms with van der Waals surface area (Å²) in [5.41, 5.74) is 8.40. The van der Waals surface area contributed by atoms with E-state index < -0.39 is 39.6 Å². The van der Waals surface area contributed by atoms with Crippen LogP contribution in [-0.2, 0) is 129 Å². The largest absolute Gasteiger partial charge is 0.480 e. The number of ether oxygens (including phenoxy) is 12. The summed E-state index contributed by atoms with van der Waals surface area (Å²) in [6.45, 7) is 7.71. The lowest BCUT2D eigenvalue weighted by atomic mass is 10.0. The second-order valence-electron chi connectivity index (χ2n) is 30.5. The topological polar surface area (TPSA) is 508 Å². The Kier molecular flexibility index (Phi) is 76.9. The van der Waals surface area contributed by atoms with Gasteiger partial charge < -0.3 is 93.8 Å². The second-order valence-corrected chi connectivity index (χ2v) is 32.7. The van der Waals surface area contributed by atoms with Crippen LogP contribution in [-0.4, -0.2) is 304 Å². The molecule has 0 fully saturated rings. The van der Waals surface area contributed by atoms with Crippen LogP contribution < -0.4 is 48.4 Å². The normalized spacial score (nSPS) is 12.4. The number of rotatable bonds is 95. The van der Waals surface area contributed by atoms with Crippen molar-refractivity contribution in [3.63, 3.8) is 0 Å². The van der Waals surface area contributed by atoms with Crippen LogP contribution in [0.1, 0.15) is 251 Å². The number of amidine groups is 1. The van der Waals surface area contributed by atoms with Gasteiger partial charge in [0.25, 0.3) is 0 Å². The van der Waals surface area contributed by atoms with Gasteiger partial charge in [0.2, 0.25) is 35.4 Å². The van der Waals surface area contributed by atoms with Crippen molar-refractivity contribution in [1.29, 1.82) is 0 Å². The van der Waals surface area contributed by atoms with Crippen molar-refractivity contribution in [2.24, 2.45) is 5.10 Å². The summed E-state index contributed by atoms with van der Waals surface area (Å²) in [5.74, 6) is -4.16. The van der Waals surface area contributed by atoms with E-state index in [1.807, 2.05) is 0 Å². The molecule has 1 aliphatic rings. The van der Waals surface area contributed by atoms with Gasteiger partial charge in [-0.05, 0) is 78.1 Å². The molecule has 1 heterocycles. The van der Waals surface area contributed by atoms with Crippen molar-refractivity contribution in [3.8, 4) is 0 Å². The minimum absolute atomic E-state index is 0.00678. The Morgan fingerprint density at radius 2 is 0.669 bits per heavy atom. The van der Waals surface area contributed by atoms with E-state index in [2.05, 4.69) is 53.5 Å². The lowest BCUT2D eigenvalue weighted by Crippen LogP contribution is -2.43. The third kappa shape index (κ3) is 79.6. The maximum Gasteiger partial charge on any atom is 0.326 e. The van der Waals surface area contributed by atoms with Crippen LogP contribution in [0.3, 0.4) is 0 Å². The summed E-state index contributed by atoms with van der Waals surface area (Å²) in [6.07, 6.45) is 26.6. The van der Waals surface area contributed by atoms with Gasteiger partial charge in [0.1, 0.15) is 68.8 Å². The molecule has 0 aliphatic carbocycles. The lowest BCUT2D eigenvalue weighted by molar-refractivity contribution is -0.142. The minimum atomic E-state index is -3.56. The Hall–Kier alpha value is -6.99. The molecule has 10 N–H and O–H groups in total. The number of carboxylic acids is 1. The van der Waals surface area contributed by atoms with Gasteiger partial charge in [0.15, 0.2) is 33.0 Å². The molecule has 0 aromatic heterocycles. The number of Topliss-reactive ketones (excluding diaryl/α,β-unsaturated/α-hetero) is 6. The van der Waals surface area contributed by atoms with E-state index in [1.165, 1.54) is 65.2 Å². The van der Waals surface area contributed by atoms with E-state index >= 15 is 0 Å². The fourth-order valence-electron chi connectivity index (χ4n) is 12.2. The van der Waals surface area contributed by atoms with Crippen molar-refractivity contribution < 1.29 is 133 Å². The highest BCUT2D eigenvalue weighted by Crippen LogP contribution is 2.16. The van der Waals surface area contributed by atoms with Gasteiger partial charge in [0, 0.05) is 104 Å². The molecular weight excluding hydrogens is 1640 g/mol. The summed E-state index contributed by atoms with van der Waals surface area (Å²) in [5, 5.41) is 29.8. The number of aliphatic carboxylic acids is 1. The highest BCUT2D eigenvalue weighted by molar-refractivity contribution is 7.92. The lowest BCUT2D eigenvalue weighted by Gasteiger charge is -2.18. The molecule has 0 radical (unpaired) electrons. The number of unbranched alkanes of at least 4 members (excludes halogenated alkanes) is 20. The fourth-order valence-corrected chi connectivity index (χ4v) is 13.5. The van der Waals surface area contributed by atoms with Gasteiger partial charge in [-0.15, -0.1) is 10.6 Å². The number of nitrogens with zero attached hydrogens (tertiary/aromatic N) is 1. The molecule has 0 spiro atoms. The zero-order valence-electron chi connectivity index (χ0n) is 74.4. The van der Waals surface area contributed by atoms with Crippen LogP contribution in [0.15, 0.2) is 5.10 Å². The smallest absolute Gasteiger partial charge is 0.326 e. The average molecular weight is 1790 g/mol. The highest BCUT2D eigenvalue weighted by atomic mass is 32.2. The second kappa shape index (κ2) is 83.0. The Bertz CT molecular complexity index is 3030. The van der Waals surface area contributed by atoms with Gasteiger partial charge in [-0.3, -0.25) is 63.0 Å². The Morgan fingerprint density at radius 3 is 1.10 bits per heavy atom. The van der Waals surface area contributed by atoms with Crippen LogP contribution >= 0.6 is 0 Å². The molecular formula is C85H152N10O28S. The summed E-state index contributed by atoms with van der Waals surface area (Å²) in [6, 6.07) is -2.26. The number of sulfone groups is 1. The first kappa shape index (κ1) is 115. The summed E-state index contributed by atoms with van der Waals surface area (Å²) >= 11 is 0. The maximum atomic E-state index is 12.8. The predicted octanol–water partition coefficient (Wildman–Crippen LogP) is 4.93.